The normalized spacial score (nSPS) is 14.4. The third kappa shape index (κ3) is 30.3. The van der Waals surface area contributed by atoms with Crippen molar-refractivity contribution in [2.75, 3.05) is 60.7 Å². The summed E-state index contributed by atoms with van der Waals surface area (Å²) in [7, 11) is 1.40. The number of rotatable bonds is 30. The Morgan fingerprint density at radius 3 is 1.77 bits per heavy atom. The summed E-state index contributed by atoms with van der Waals surface area (Å²) < 4.78 is 34.2. The Kier molecular flexibility index (Phi) is 24.8. The number of likely N-dealkylation sites (N-methyl/N-ethyl adjacent to an activating group) is 1. The van der Waals surface area contributed by atoms with E-state index in [2.05, 4.69) is 6.92 Å². The zero-order valence-corrected chi connectivity index (χ0v) is 26.4. The third-order valence-corrected chi connectivity index (χ3v) is 7.48. The van der Waals surface area contributed by atoms with Crippen LogP contribution in [0, 0.1) is 0 Å². The van der Waals surface area contributed by atoms with E-state index in [1.807, 2.05) is 21.1 Å². The molecule has 0 aromatic carbocycles. The number of hydrogen-bond donors (Lipinski definition) is 1. The molecule has 0 bridgehead atoms. The van der Waals surface area contributed by atoms with Gasteiger partial charge in [-0.3, -0.25) is 9.36 Å². The van der Waals surface area contributed by atoms with E-state index in [9.17, 15) is 14.3 Å². The summed E-state index contributed by atoms with van der Waals surface area (Å²) in [5.74, 6) is -0.843. The Morgan fingerprint density at radius 1 is 0.744 bits per heavy atom. The van der Waals surface area contributed by atoms with Gasteiger partial charge >= 0.3 is 5.97 Å². The van der Waals surface area contributed by atoms with Crippen molar-refractivity contribution in [2.24, 2.45) is 0 Å². The molecule has 0 spiro atoms. The molecule has 1 unspecified atom stereocenters. The van der Waals surface area contributed by atoms with Crippen molar-refractivity contribution in [3.05, 3.63) is 0 Å². The van der Waals surface area contributed by atoms with Crippen LogP contribution in [0.4, 0.5) is 0 Å². The fraction of sp³-hybridized carbons (Fsp3) is 0.966. The van der Waals surface area contributed by atoms with E-state index < -0.39 is 19.9 Å². The van der Waals surface area contributed by atoms with E-state index in [-0.39, 0.29) is 26.2 Å². The average molecular weight is 582 g/mol. The zero-order valence-electron chi connectivity index (χ0n) is 25.5. The van der Waals surface area contributed by atoms with Gasteiger partial charge in [-0.2, -0.15) is 0 Å². The van der Waals surface area contributed by atoms with Crippen molar-refractivity contribution in [1.29, 1.82) is 0 Å². The molecular formula is C29H60NO8P. The van der Waals surface area contributed by atoms with E-state index in [0.717, 1.165) is 12.8 Å². The minimum Gasteiger partial charge on any atom is -0.756 e. The number of carbonyl (C=O) groups is 1. The Morgan fingerprint density at radius 2 is 1.26 bits per heavy atom. The second kappa shape index (κ2) is 25.2. The van der Waals surface area contributed by atoms with E-state index in [1.165, 1.54) is 77.0 Å². The smallest absolute Gasteiger partial charge is 0.303 e. The molecule has 1 N–H and O–H groups in total. The van der Waals surface area contributed by atoms with Gasteiger partial charge in [0.05, 0.1) is 34.4 Å². The number of ether oxygens (including phenoxy) is 2. The molecule has 2 atom stereocenters. The predicted octanol–water partition coefficient (Wildman–Crippen LogP) is 6.33. The molecule has 0 aliphatic rings. The molecule has 0 saturated carbocycles. The average Bonchev–Trinajstić information content (AvgIpc) is 2.85. The van der Waals surface area contributed by atoms with Crippen LogP contribution in [0.5, 0.6) is 0 Å². The second-order valence-corrected chi connectivity index (χ2v) is 13.0. The topological polar surface area (TPSA) is 114 Å². The van der Waals surface area contributed by atoms with Crippen LogP contribution < -0.4 is 4.89 Å². The fourth-order valence-electron chi connectivity index (χ4n) is 4.02. The van der Waals surface area contributed by atoms with Gasteiger partial charge in [0.2, 0.25) is 0 Å². The van der Waals surface area contributed by atoms with Crippen LogP contribution in [-0.4, -0.2) is 82.4 Å². The summed E-state index contributed by atoms with van der Waals surface area (Å²) in [6.45, 7) is 3.76. The Balaban J connectivity index is 4.02. The SMILES string of the molecule is CCCCCCCCCCCCCCCCOC[C@H](COP(=O)([O-])OCC[N+](C)(C)C)OCCCCC(=O)O. The van der Waals surface area contributed by atoms with Gasteiger partial charge in [0.25, 0.3) is 7.82 Å². The maximum atomic E-state index is 12.1. The number of phosphoric acid groups is 1. The van der Waals surface area contributed by atoms with E-state index in [1.54, 1.807) is 0 Å². The largest absolute Gasteiger partial charge is 0.756 e. The first-order valence-electron chi connectivity index (χ1n) is 15.4. The molecule has 39 heavy (non-hydrogen) atoms. The van der Waals surface area contributed by atoms with Gasteiger partial charge in [0, 0.05) is 19.6 Å². The number of nitrogens with zero attached hydrogens (tertiary/aromatic N) is 1. The van der Waals surface area contributed by atoms with Crippen LogP contribution in [-0.2, 0) is 27.9 Å². The molecule has 10 heteroatoms. The Bertz CT molecular complexity index is 615. The summed E-state index contributed by atoms with van der Waals surface area (Å²) >= 11 is 0. The van der Waals surface area contributed by atoms with Crippen LogP contribution in [0.3, 0.4) is 0 Å². The highest BCUT2D eigenvalue weighted by Crippen LogP contribution is 2.38. The van der Waals surface area contributed by atoms with Crippen LogP contribution in [0.2, 0.25) is 0 Å². The number of carboxylic acid groups (broad SMARTS) is 1. The van der Waals surface area contributed by atoms with Gasteiger partial charge in [-0.05, 0) is 19.3 Å². The third-order valence-electron chi connectivity index (χ3n) is 6.51. The number of hydrogen-bond acceptors (Lipinski definition) is 7. The standard InChI is InChI=1S/C29H60NO8P/c1-5-6-7-8-9-10-11-12-13-14-15-16-17-19-23-35-26-28(36-24-20-18-21-29(31)32)27-38-39(33,34)37-25-22-30(2,3)4/h28H,5-27H2,1-4H3,(H-,31,32,33,34)/t28-/m1/s1. The van der Waals surface area contributed by atoms with Crippen molar-refractivity contribution in [3.63, 3.8) is 0 Å². The summed E-state index contributed by atoms with van der Waals surface area (Å²) in [5, 5.41) is 8.76. The Hall–Kier alpha value is -0.540. The predicted molar refractivity (Wildman–Crippen MR) is 155 cm³/mol. The van der Waals surface area contributed by atoms with Crippen molar-refractivity contribution >= 4 is 13.8 Å². The molecule has 0 heterocycles. The second-order valence-electron chi connectivity index (χ2n) is 11.6. The molecule has 0 amide bonds. The van der Waals surface area contributed by atoms with Gasteiger partial charge in [-0.1, -0.05) is 90.4 Å². The molecular weight excluding hydrogens is 521 g/mol. The van der Waals surface area contributed by atoms with Gasteiger partial charge in [-0.25, -0.2) is 0 Å². The van der Waals surface area contributed by atoms with Crippen LogP contribution in [0.25, 0.3) is 0 Å². The number of aliphatic carboxylic acids is 1. The minimum absolute atomic E-state index is 0.0423. The quantitative estimate of drug-likeness (QED) is 0.0594. The van der Waals surface area contributed by atoms with E-state index in [4.69, 9.17) is 23.6 Å². The van der Waals surface area contributed by atoms with Crippen molar-refractivity contribution in [2.45, 2.75) is 122 Å². The highest BCUT2D eigenvalue weighted by molar-refractivity contribution is 7.45. The maximum absolute atomic E-state index is 12.1. The van der Waals surface area contributed by atoms with Crippen molar-refractivity contribution < 1.29 is 42.4 Å². The maximum Gasteiger partial charge on any atom is 0.303 e. The molecule has 0 aromatic rings. The lowest BCUT2D eigenvalue weighted by Crippen LogP contribution is -2.37. The molecule has 0 fully saturated rings. The van der Waals surface area contributed by atoms with E-state index in [0.29, 0.717) is 37.1 Å². The monoisotopic (exact) mass is 581 g/mol. The van der Waals surface area contributed by atoms with Crippen molar-refractivity contribution in [1.82, 2.24) is 0 Å². The molecule has 0 saturated heterocycles. The van der Waals surface area contributed by atoms with Gasteiger partial charge in [-0.15, -0.1) is 0 Å². The molecule has 234 valence electrons. The highest BCUT2D eigenvalue weighted by Gasteiger charge is 2.18. The van der Waals surface area contributed by atoms with Crippen molar-refractivity contribution in [3.8, 4) is 0 Å². The molecule has 9 nitrogen and oxygen atoms in total. The lowest BCUT2D eigenvalue weighted by Gasteiger charge is -2.28. The van der Waals surface area contributed by atoms with E-state index >= 15 is 0 Å². The highest BCUT2D eigenvalue weighted by atomic mass is 31.2. The summed E-state index contributed by atoms with van der Waals surface area (Å²) in [4.78, 5) is 22.8. The first-order chi connectivity index (χ1) is 18.6. The molecule has 0 radical (unpaired) electrons. The van der Waals surface area contributed by atoms with Gasteiger partial charge < -0.3 is 33.0 Å². The Labute approximate surface area is 239 Å². The summed E-state index contributed by atoms with van der Waals surface area (Å²) in [6, 6.07) is 0. The van der Waals surface area contributed by atoms with Crippen LogP contribution in [0.1, 0.15) is 116 Å². The van der Waals surface area contributed by atoms with Crippen LogP contribution in [0.15, 0.2) is 0 Å². The lowest BCUT2D eigenvalue weighted by atomic mass is 10.0. The fourth-order valence-corrected chi connectivity index (χ4v) is 4.75. The number of phosphoric ester groups is 1. The summed E-state index contributed by atoms with van der Waals surface area (Å²) in [6.07, 6.45) is 18.7. The van der Waals surface area contributed by atoms with Gasteiger partial charge in [0.1, 0.15) is 19.3 Å². The number of carboxylic acids is 1. The van der Waals surface area contributed by atoms with Gasteiger partial charge in [0.15, 0.2) is 0 Å². The minimum atomic E-state index is -4.44. The summed E-state index contributed by atoms with van der Waals surface area (Å²) in [5.41, 5.74) is 0. The molecule has 0 aliphatic carbocycles. The molecule has 0 aliphatic heterocycles. The lowest BCUT2D eigenvalue weighted by molar-refractivity contribution is -0.870. The molecule has 0 aromatic heterocycles. The van der Waals surface area contributed by atoms with Crippen LogP contribution >= 0.6 is 7.82 Å². The zero-order chi connectivity index (χ0) is 29.2. The number of unbranched alkanes of at least 4 members (excludes halogenated alkanes) is 14. The number of quaternary nitrogens is 1. The first kappa shape index (κ1) is 38.5. The molecule has 0 rings (SSSR count). The first-order valence-corrected chi connectivity index (χ1v) is 16.8.